The Hall–Kier alpha value is -2.34. The van der Waals surface area contributed by atoms with Gasteiger partial charge in [-0.15, -0.1) is 0 Å². The molecule has 2 aromatic carbocycles. The maximum Gasteiger partial charge on any atom is 0.151 e. The average molecular weight is 345 g/mol. The van der Waals surface area contributed by atoms with Gasteiger partial charge in [-0.25, -0.2) is 0 Å². The fraction of sp³-hybridized carbons (Fsp3) is 0.333. The van der Waals surface area contributed by atoms with E-state index in [9.17, 15) is 5.11 Å². The number of aliphatic hydroxyl groups is 1. The number of nitrogens with zero attached hydrogens (tertiary/aromatic N) is 1. The molecule has 1 aliphatic rings. The lowest BCUT2D eigenvalue weighted by Crippen LogP contribution is -2.46. The molecule has 0 aliphatic heterocycles. The van der Waals surface area contributed by atoms with Crippen LogP contribution in [0.3, 0.4) is 0 Å². The maximum atomic E-state index is 11.7. The molecule has 1 saturated carbocycles. The highest BCUT2D eigenvalue weighted by molar-refractivity contribution is 5.58. The molecule has 0 aromatic heterocycles. The van der Waals surface area contributed by atoms with Crippen molar-refractivity contribution >= 4 is 6.08 Å². The van der Waals surface area contributed by atoms with E-state index in [1.165, 1.54) is 0 Å². The van der Waals surface area contributed by atoms with E-state index in [0.29, 0.717) is 0 Å². The summed E-state index contributed by atoms with van der Waals surface area (Å²) in [6, 6.07) is 20.1. The van der Waals surface area contributed by atoms with Crippen molar-refractivity contribution in [2.75, 3.05) is 20.6 Å². The summed E-state index contributed by atoms with van der Waals surface area (Å²) in [5, 5.41) is 11.7. The zero-order chi connectivity index (χ0) is 18.4. The predicted octanol–water partition coefficient (Wildman–Crippen LogP) is 4.21. The van der Waals surface area contributed by atoms with Crippen molar-refractivity contribution in [3.05, 3.63) is 77.4 Å². The van der Waals surface area contributed by atoms with E-state index in [-0.39, 0.29) is 5.92 Å². The lowest BCUT2D eigenvalue weighted by atomic mass is 9.71. The summed E-state index contributed by atoms with van der Waals surface area (Å²) < 4.78 is 0. The molecule has 2 atom stereocenters. The van der Waals surface area contributed by atoms with Gasteiger partial charge in [-0.05, 0) is 56.6 Å². The monoisotopic (exact) mass is 345 g/mol. The number of benzene rings is 2. The van der Waals surface area contributed by atoms with Gasteiger partial charge in [-0.2, -0.15) is 0 Å². The normalized spacial score (nSPS) is 24.3. The van der Waals surface area contributed by atoms with Gasteiger partial charge in [0, 0.05) is 18.0 Å². The van der Waals surface area contributed by atoms with Crippen molar-refractivity contribution in [3.63, 3.8) is 0 Å². The van der Waals surface area contributed by atoms with E-state index in [2.05, 4.69) is 49.0 Å². The van der Waals surface area contributed by atoms with Crippen LogP contribution in [0.4, 0.5) is 0 Å². The van der Waals surface area contributed by atoms with Crippen molar-refractivity contribution in [1.29, 1.82) is 0 Å². The van der Waals surface area contributed by atoms with Crippen molar-refractivity contribution in [1.82, 2.24) is 4.90 Å². The fourth-order valence-corrected chi connectivity index (χ4v) is 3.67. The predicted molar refractivity (Wildman–Crippen MR) is 109 cm³/mol. The van der Waals surface area contributed by atoms with E-state index in [0.717, 1.165) is 42.5 Å². The van der Waals surface area contributed by atoms with Crippen LogP contribution in [0.5, 0.6) is 0 Å². The molecule has 2 unspecified atom stereocenters. The molecule has 2 aromatic rings. The summed E-state index contributed by atoms with van der Waals surface area (Å²) in [4.78, 5) is 2.14. The van der Waals surface area contributed by atoms with Crippen molar-refractivity contribution in [3.8, 4) is 11.8 Å². The highest BCUT2D eigenvalue weighted by Crippen LogP contribution is 2.39. The minimum absolute atomic E-state index is 0.109. The Morgan fingerprint density at radius 2 is 1.73 bits per heavy atom. The SMILES string of the molecule is CN(C)CC1CCC/C(=C/c2ccccc2)C1(O)C#Cc1ccccc1. The summed E-state index contributed by atoms with van der Waals surface area (Å²) >= 11 is 0. The Bertz CT molecular complexity index is 798. The molecule has 134 valence electrons. The third-order valence-electron chi connectivity index (χ3n) is 4.98. The van der Waals surface area contributed by atoms with E-state index in [1.807, 2.05) is 48.5 Å². The van der Waals surface area contributed by atoms with Gasteiger partial charge in [0.05, 0.1) is 0 Å². The van der Waals surface area contributed by atoms with Crippen LogP contribution in [0, 0.1) is 17.8 Å². The molecule has 0 amide bonds. The summed E-state index contributed by atoms with van der Waals surface area (Å²) in [5.41, 5.74) is 2.00. The summed E-state index contributed by atoms with van der Waals surface area (Å²) in [7, 11) is 4.11. The molecule has 0 heterocycles. The van der Waals surface area contributed by atoms with Gasteiger partial charge in [0.15, 0.2) is 5.60 Å². The maximum absolute atomic E-state index is 11.7. The fourth-order valence-electron chi connectivity index (χ4n) is 3.67. The first-order valence-electron chi connectivity index (χ1n) is 9.29. The first-order valence-corrected chi connectivity index (χ1v) is 9.29. The summed E-state index contributed by atoms with van der Waals surface area (Å²) in [5.74, 6) is 6.57. The second-order valence-corrected chi connectivity index (χ2v) is 7.31. The molecule has 1 fully saturated rings. The van der Waals surface area contributed by atoms with Gasteiger partial charge >= 0.3 is 0 Å². The molecule has 26 heavy (non-hydrogen) atoms. The van der Waals surface area contributed by atoms with E-state index in [1.54, 1.807) is 0 Å². The smallest absolute Gasteiger partial charge is 0.151 e. The second kappa shape index (κ2) is 8.36. The van der Waals surface area contributed by atoms with Crippen molar-refractivity contribution in [2.45, 2.75) is 24.9 Å². The Kier molecular flexibility index (Phi) is 5.93. The quantitative estimate of drug-likeness (QED) is 0.842. The van der Waals surface area contributed by atoms with Gasteiger partial charge < -0.3 is 10.0 Å². The van der Waals surface area contributed by atoms with E-state index in [4.69, 9.17) is 0 Å². The molecule has 0 bridgehead atoms. The molecule has 3 rings (SSSR count). The molecule has 1 N–H and O–H groups in total. The van der Waals surface area contributed by atoms with Crippen LogP contribution < -0.4 is 0 Å². The Labute approximate surface area is 157 Å². The number of hydrogen-bond donors (Lipinski definition) is 1. The van der Waals surface area contributed by atoms with Crippen LogP contribution in [0.25, 0.3) is 6.08 Å². The minimum Gasteiger partial charge on any atom is -0.373 e. The van der Waals surface area contributed by atoms with Crippen molar-refractivity contribution < 1.29 is 5.11 Å². The molecular formula is C24H27NO. The van der Waals surface area contributed by atoms with Gasteiger partial charge in [0.2, 0.25) is 0 Å². The van der Waals surface area contributed by atoms with Gasteiger partial charge in [0.25, 0.3) is 0 Å². The summed E-state index contributed by atoms with van der Waals surface area (Å²) in [6.07, 6.45) is 5.09. The zero-order valence-corrected chi connectivity index (χ0v) is 15.7. The van der Waals surface area contributed by atoms with Gasteiger partial charge in [-0.3, -0.25) is 0 Å². The van der Waals surface area contributed by atoms with Crippen LogP contribution in [0.15, 0.2) is 66.2 Å². The van der Waals surface area contributed by atoms with E-state index >= 15 is 0 Å². The van der Waals surface area contributed by atoms with Crippen molar-refractivity contribution in [2.24, 2.45) is 5.92 Å². The first kappa shape index (κ1) is 18.5. The zero-order valence-electron chi connectivity index (χ0n) is 15.7. The minimum atomic E-state index is -1.09. The lowest BCUT2D eigenvalue weighted by Gasteiger charge is -2.40. The second-order valence-electron chi connectivity index (χ2n) is 7.31. The summed E-state index contributed by atoms with van der Waals surface area (Å²) in [6.45, 7) is 0.825. The third kappa shape index (κ3) is 4.43. The Morgan fingerprint density at radius 1 is 1.08 bits per heavy atom. The Balaban J connectivity index is 2.01. The number of rotatable bonds is 3. The molecule has 2 nitrogen and oxygen atoms in total. The molecule has 0 spiro atoms. The van der Waals surface area contributed by atoms with Gasteiger partial charge in [0.1, 0.15) is 0 Å². The third-order valence-corrected chi connectivity index (χ3v) is 4.98. The molecule has 0 saturated heterocycles. The average Bonchev–Trinajstić information content (AvgIpc) is 2.65. The molecular weight excluding hydrogens is 318 g/mol. The van der Waals surface area contributed by atoms with Crippen LogP contribution in [0.2, 0.25) is 0 Å². The van der Waals surface area contributed by atoms with E-state index < -0.39 is 5.60 Å². The standard InChI is InChI=1S/C24H27NO/c1-25(2)19-23-15-9-14-22(18-21-12-7-4-8-13-21)24(23,26)17-16-20-10-5-3-6-11-20/h3-8,10-13,18,23,26H,9,14-15,19H2,1-2H3/b22-18-. The van der Waals surface area contributed by atoms with Crippen LogP contribution in [-0.2, 0) is 0 Å². The molecule has 1 aliphatic carbocycles. The van der Waals surface area contributed by atoms with Crippen LogP contribution in [0.1, 0.15) is 30.4 Å². The van der Waals surface area contributed by atoms with Gasteiger partial charge in [-0.1, -0.05) is 66.4 Å². The topological polar surface area (TPSA) is 23.5 Å². The first-order chi connectivity index (χ1) is 12.6. The van der Waals surface area contributed by atoms with Crippen LogP contribution >= 0.6 is 0 Å². The largest absolute Gasteiger partial charge is 0.373 e. The molecule has 2 heteroatoms. The molecule has 0 radical (unpaired) electrons. The number of hydrogen-bond acceptors (Lipinski definition) is 2. The van der Waals surface area contributed by atoms with Crippen LogP contribution in [-0.4, -0.2) is 36.2 Å². The highest BCUT2D eigenvalue weighted by Gasteiger charge is 2.41. The Morgan fingerprint density at radius 3 is 2.38 bits per heavy atom. The highest BCUT2D eigenvalue weighted by atomic mass is 16.3. The lowest BCUT2D eigenvalue weighted by molar-refractivity contribution is 0.0374.